The molecule has 1 aliphatic carbocycles. The number of carboxylic acids is 1. The first-order valence-corrected chi connectivity index (χ1v) is 10.4. The molecule has 2 aliphatic rings. The Hall–Kier alpha value is -2.96. The van der Waals surface area contributed by atoms with E-state index in [1.807, 2.05) is 13.8 Å². The maximum atomic E-state index is 9.00. The molecule has 1 aromatic carbocycles. The molecule has 7 heteroatoms. The van der Waals surface area contributed by atoms with E-state index in [0.29, 0.717) is 29.1 Å². The SMILES string of the molecule is CC(=O)O.Cc1nc(N)c2c(n1)OC(C)(C)C(c1ccc(C3CCCCC3)cc1)=N2. The number of nitrogens with two attached hydrogens (primary N) is 1. The maximum Gasteiger partial charge on any atom is 0.300 e. The van der Waals surface area contributed by atoms with Gasteiger partial charge in [-0.05, 0) is 45.1 Å². The number of benzene rings is 1. The summed E-state index contributed by atoms with van der Waals surface area (Å²) in [6, 6.07) is 8.80. The molecule has 1 aliphatic heterocycles. The van der Waals surface area contributed by atoms with Gasteiger partial charge in [-0.25, -0.2) is 9.98 Å². The molecule has 1 aromatic heterocycles. The fourth-order valence-electron chi connectivity index (χ4n) is 4.04. The van der Waals surface area contributed by atoms with Crippen LogP contribution in [0.4, 0.5) is 11.5 Å². The van der Waals surface area contributed by atoms with Gasteiger partial charge in [0.1, 0.15) is 11.4 Å². The number of nitrogens with zero attached hydrogens (tertiary/aromatic N) is 3. The lowest BCUT2D eigenvalue weighted by molar-refractivity contribution is -0.134. The van der Waals surface area contributed by atoms with E-state index in [4.69, 9.17) is 25.4 Å². The molecule has 160 valence electrons. The fraction of sp³-hybridized carbons (Fsp3) is 0.478. The smallest absolute Gasteiger partial charge is 0.300 e. The van der Waals surface area contributed by atoms with Crippen LogP contribution in [0.3, 0.4) is 0 Å². The standard InChI is InChI=1S/C21H26N4O.C2H4O2/c1-13-23-19(22)17-20(24-13)26-21(2,3)18(25-17)16-11-9-15(10-12-16)14-7-5-4-6-8-14;1-2(3)4/h9-12,14H,4-8H2,1-3H3,(H2,22,23,24);1H3,(H,3,4). The molecule has 30 heavy (non-hydrogen) atoms. The summed E-state index contributed by atoms with van der Waals surface area (Å²) in [5, 5.41) is 7.42. The van der Waals surface area contributed by atoms with Crippen LogP contribution in [0.1, 0.15) is 75.7 Å². The minimum absolute atomic E-state index is 0.360. The number of fused-ring (bicyclic) bond motifs is 1. The van der Waals surface area contributed by atoms with Crippen LogP contribution in [-0.2, 0) is 4.79 Å². The molecule has 2 aromatic rings. The van der Waals surface area contributed by atoms with E-state index in [2.05, 4.69) is 34.2 Å². The first-order valence-electron chi connectivity index (χ1n) is 10.4. The molecule has 7 nitrogen and oxygen atoms in total. The Balaban J connectivity index is 0.000000589. The van der Waals surface area contributed by atoms with Crippen molar-refractivity contribution < 1.29 is 14.6 Å². The van der Waals surface area contributed by atoms with Gasteiger partial charge in [0, 0.05) is 12.5 Å². The largest absolute Gasteiger partial charge is 0.481 e. The third kappa shape index (κ3) is 4.96. The molecule has 0 atom stereocenters. The molecule has 0 bridgehead atoms. The van der Waals surface area contributed by atoms with Gasteiger partial charge in [0.25, 0.3) is 5.97 Å². The lowest BCUT2D eigenvalue weighted by Gasteiger charge is -2.32. The van der Waals surface area contributed by atoms with Crippen LogP contribution in [0, 0.1) is 6.92 Å². The molecule has 1 saturated carbocycles. The molecule has 1 fully saturated rings. The Labute approximate surface area is 177 Å². The number of anilines is 1. The van der Waals surface area contributed by atoms with Gasteiger partial charge in [0.2, 0.25) is 5.88 Å². The van der Waals surface area contributed by atoms with Crippen molar-refractivity contribution in [3.8, 4) is 5.88 Å². The van der Waals surface area contributed by atoms with Gasteiger partial charge >= 0.3 is 0 Å². The first-order chi connectivity index (χ1) is 14.2. The van der Waals surface area contributed by atoms with E-state index in [-0.39, 0.29) is 0 Å². The summed E-state index contributed by atoms with van der Waals surface area (Å²) in [6.07, 6.45) is 6.66. The highest BCUT2D eigenvalue weighted by Gasteiger charge is 2.35. The summed E-state index contributed by atoms with van der Waals surface area (Å²) in [5.41, 5.74) is 9.36. The van der Waals surface area contributed by atoms with E-state index in [9.17, 15) is 0 Å². The van der Waals surface area contributed by atoms with E-state index in [1.165, 1.54) is 37.7 Å². The highest BCUT2D eigenvalue weighted by molar-refractivity contribution is 6.09. The molecule has 0 unspecified atom stereocenters. The van der Waals surface area contributed by atoms with E-state index in [0.717, 1.165) is 18.2 Å². The number of aliphatic carboxylic acids is 1. The van der Waals surface area contributed by atoms with Crippen LogP contribution in [-0.4, -0.2) is 32.4 Å². The molecule has 4 rings (SSSR count). The summed E-state index contributed by atoms with van der Waals surface area (Å²) < 4.78 is 6.13. The second-order valence-corrected chi connectivity index (χ2v) is 8.36. The van der Waals surface area contributed by atoms with E-state index < -0.39 is 11.6 Å². The number of aryl methyl sites for hydroxylation is 1. The summed E-state index contributed by atoms with van der Waals surface area (Å²) >= 11 is 0. The maximum absolute atomic E-state index is 9.00. The molecule has 0 spiro atoms. The van der Waals surface area contributed by atoms with Gasteiger partial charge in [-0.15, -0.1) is 0 Å². The van der Waals surface area contributed by atoms with Crippen LogP contribution < -0.4 is 10.5 Å². The zero-order chi connectivity index (χ0) is 21.9. The van der Waals surface area contributed by atoms with Crippen LogP contribution in [0.5, 0.6) is 5.88 Å². The quantitative estimate of drug-likeness (QED) is 0.736. The number of aliphatic imine (C=N–C) groups is 1. The van der Waals surface area contributed by atoms with Crippen molar-refractivity contribution in [1.82, 2.24) is 9.97 Å². The lowest BCUT2D eigenvalue weighted by atomic mass is 9.83. The highest BCUT2D eigenvalue weighted by Crippen LogP contribution is 2.40. The first kappa shape index (κ1) is 21.7. The number of hydrogen-bond acceptors (Lipinski definition) is 6. The molecular weight excluding hydrogens is 380 g/mol. The summed E-state index contributed by atoms with van der Waals surface area (Å²) in [5.74, 6) is 1.28. The van der Waals surface area contributed by atoms with E-state index >= 15 is 0 Å². The molecule has 0 saturated heterocycles. The van der Waals surface area contributed by atoms with Gasteiger partial charge in [0.05, 0.1) is 5.71 Å². The number of carbonyl (C=O) groups is 1. The number of carboxylic acid groups (broad SMARTS) is 1. The Bertz CT molecular complexity index is 942. The van der Waals surface area contributed by atoms with Gasteiger partial charge < -0.3 is 15.6 Å². The topological polar surface area (TPSA) is 111 Å². The zero-order valence-electron chi connectivity index (χ0n) is 18.1. The summed E-state index contributed by atoms with van der Waals surface area (Å²) in [7, 11) is 0. The van der Waals surface area contributed by atoms with E-state index in [1.54, 1.807) is 6.92 Å². The van der Waals surface area contributed by atoms with Crippen molar-refractivity contribution in [2.75, 3.05) is 5.73 Å². The van der Waals surface area contributed by atoms with Crippen LogP contribution in [0.2, 0.25) is 0 Å². The third-order valence-corrected chi connectivity index (χ3v) is 5.40. The molecule has 2 heterocycles. The number of rotatable bonds is 2. The zero-order valence-corrected chi connectivity index (χ0v) is 18.1. The average molecular weight is 411 g/mol. The second kappa shape index (κ2) is 8.81. The average Bonchev–Trinajstić information content (AvgIpc) is 2.67. The second-order valence-electron chi connectivity index (χ2n) is 8.36. The summed E-state index contributed by atoms with van der Waals surface area (Å²) in [4.78, 5) is 22.4. The predicted octanol–water partition coefficient (Wildman–Crippen LogP) is 4.80. The van der Waals surface area contributed by atoms with Crippen LogP contribution >= 0.6 is 0 Å². The van der Waals surface area contributed by atoms with Crippen molar-refractivity contribution in [2.45, 2.75) is 71.3 Å². The Kier molecular flexibility index (Phi) is 6.39. The van der Waals surface area contributed by atoms with Gasteiger partial charge in [-0.2, -0.15) is 4.98 Å². The molecule has 0 amide bonds. The third-order valence-electron chi connectivity index (χ3n) is 5.40. The minimum atomic E-state index is -0.833. The Morgan fingerprint density at radius 3 is 2.33 bits per heavy atom. The molecular formula is C23H30N4O3. The normalized spacial score (nSPS) is 17.7. The number of hydrogen-bond donors (Lipinski definition) is 2. The monoisotopic (exact) mass is 410 g/mol. The lowest BCUT2D eigenvalue weighted by Crippen LogP contribution is -2.41. The van der Waals surface area contributed by atoms with Crippen LogP contribution in [0.25, 0.3) is 0 Å². The Morgan fingerprint density at radius 1 is 1.13 bits per heavy atom. The number of ether oxygens (including phenoxy) is 1. The van der Waals surface area contributed by atoms with Crippen molar-refractivity contribution in [3.63, 3.8) is 0 Å². The van der Waals surface area contributed by atoms with Crippen molar-refractivity contribution >= 4 is 23.2 Å². The molecule has 0 radical (unpaired) electrons. The van der Waals surface area contributed by atoms with Crippen LogP contribution in [0.15, 0.2) is 29.3 Å². The van der Waals surface area contributed by atoms with Gasteiger partial charge in [0.15, 0.2) is 11.5 Å². The Morgan fingerprint density at radius 2 is 1.73 bits per heavy atom. The molecule has 3 N–H and O–H groups in total. The summed E-state index contributed by atoms with van der Waals surface area (Å²) in [6.45, 7) is 6.91. The number of nitrogen functional groups attached to an aromatic ring is 1. The van der Waals surface area contributed by atoms with Gasteiger partial charge in [-0.1, -0.05) is 43.5 Å². The van der Waals surface area contributed by atoms with Crippen molar-refractivity contribution in [2.24, 2.45) is 4.99 Å². The number of aromatic nitrogens is 2. The predicted molar refractivity (Wildman–Crippen MR) is 118 cm³/mol. The van der Waals surface area contributed by atoms with Crippen molar-refractivity contribution in [1.29, 1.82) is 0 Å². The minimum Gasteiger partial charge on any atom is -0.481 e. The fourth-order valence-corrected chi connectivity index (χ4v) is 4.04. The van der Waals surface area contributed by atoms with Crippen molar-refractivity contribution in [3.05, 3.63) is 41.2 Å². The highest BCUT2D eigenvalue weighted by atomic mass is 16.5. The van der Waals surface area contributed by atoms with Gasteiger partial charge in [-0.3, -0.25) is 4.79 Å².